The lowest BCUT2D eigenvalue weighted by Crippen LogP contribution is -1.97. The zero-order valence-electron chi connectivity index (χ0n) is 7.22. The van der Waals surface area contributed by atoms with Gasteiger partial charge in [0.15, 0.2) is 0 Å². The molecule has 0 rings (SSSR count). The monoisotopic (exact) mass is 140 g/mol. The maximum atomic E-state index is 10.4. The summed E-state index contributed by atoms with van der Waals surface area (Å²) in [4.78, 5) is 10.4. The zero-order valence-corrected chi connectivity index (χ0v) is 7.22. The average molecular weight is 140 g/mol. The molecule has 0 aromatic heterocycles. The second kappa shape index (κ2) is 4.26. The average Bonchev–Trinajstić information content (AvgIpc) is 1.81. The predicted molar refractivity (Wildman–Crippen MR) is 43.8 cm³/mol. The quantitative estimate of drug-likeness (QED) is 0.434. The van der Waals surface area contributed by atoms with Crippen LogP contribution in [0.15, 0.2) is 11.6 Å². The second-order valence-corrected chi connectivity index (χ2v) is 3.18. The van der Waals surface area contributed by atoms with Gasteiger partial charge in [-0.3, -0.25) is 4.79 Å². The van der Waals surface area contributed by atoms with Crippen LogP contribution in [0.25, 0.3) is 0 Å². The molecule has 0 aromatic carbocycles. The fourth-order valence-electron chi connectivity index (χ4n) is 0.753. The molecule has 0 saturated carbocycles. The van der Waals surface area contributed by atoms with Crippen LogP contribution in [-0.2, 0) is 4.79 Å². The zero-order chi connectivity index (χ0) is 8.15. The van der Waals surface area contributed by atoms with Crippen molar-refractivity contribution in [3.8, 4) is 0 Å². The molecule has 0 fully saturated rings. The molecule has 0 saturated heterocycles. The van der Waals surface area contributed by atoms with E-state index in [1.54, 1.807) is 0 Å². The maximum absolute atomic E-state index is 10.4. The minimum absolute atomic E-state index is 0.361. The van der Waals surface area contributed by atoms with Gasteiger partial charge in [-0.2, -0.15) is 0 Å². The van der Waals surface area contributed by atoms with E-state index in [0.717, 1.165) is 11.9 Å². The summed E-state index contributed by atoms with van der Waals surface area (Å²) >= 11 is 0. The lowest BCUT2D eigenvalue weighted by molar-refractivity contribution is -0.105. The van der Waals surface area contributed by atoms with Gasteiger partial charge in [0.05, 0.1) is 0 Å². The molecule has 0 amide bonds. The highest BCUT2D eigenvalue weighted by atomic mass is 16.1. The van der Waals surface area contributed by atoms with Crippen LogP contribution in [0.5, 0.6) is 0 Å². The highest BCUT2D eigenvalue weighted by molar-refractivity contribution is 5.73. The molecule has 0 unspecified atom stereocenters. The highest BCUT2D eigenvalue weighted by Gasteiger charge is 2.00. The molecule has 0 bridgehead atoms. The Bertz CT molecular complexity index is 132. The Labute approximate surface area is 63.1 Å². The third-order valence-electron chi connectivity index (χ3n) is 1.33. The number of carbonyl (C=O) groups excluding carboxylic acids is 1. The van der Waals surface area contributed by atoms with Crippen LogP contribution >= 0.6 is 0 Å². The third kappa shape index (κ3) is 3.44. The first-order chi connectivity index (χ1) is 4.57. The van der Waals surface area contributed by atoms with E-state index in [-0.39, 0.29) is 0 Å². The number of rotatable bonds is 3. The molecule has 1 nitrogen and oxygen atoms in total. The van der Waals surface area contributed by atoms with Crippen LogP contribution in [0.2, 0.25) is 0 Å². The van der Waals surface area contributed by atoms with Gasteiger partial charge in [-0.15, -0.1) is 0 Å². The third-order valence-corrected chi connectivity index (χ3v) is 1.33. The van der Waals surface area contributed by atoms with E-state index < -0.39 is 0 Å². The van der Waals surface area contributed by atoms with Gasteiger partial charge in [0.25, 0.3) is 0 Å². The summed E-state index contributed by atoms with van der Waals surface area (Å²) in [5, 5.41) is 0. The summed E-state index contributed by atoms with van der Waals surface area (Å²) in [5.41, 5.74) is 0.912. The fraction of sp³-hybridized carbons (Fsp3) is 0.667. The number of allylic oxidation sites excluding steroid dienone is 2. The van der Waals surface area contributed by atoms with Gasteiger partial charge in [0.2, 0.25) is 0 Å². The van der Waals surface area contributed by atoms with Gasteiger partial charge >= 0.3 is 0 Å². The van der Waals surface area contributed by atoms with Crippen molar-refractivity contribution in [3.63, 3.8) is 0 Å². The number of hydrogen-bond donors (Lipinski definition) is 0. The van der Waals surface area contributed by atoms with Gasteiger partial charge in [-0.05, 0) is 17.4 Å². The summed E-state index contributed by atoms with van der Waals surface area (Å²) in [5.74, 6) is 0.836. The van der Waals surface area contributed by atoms with Crippen LogP contribution in [0.1, 0.15) is 27.7 Å². The van der Waals surface area contributed by atoms with E-state index in [1.165, 1.54) is 0 Å². The van der Waals surface area contributed by atoms with Crippen molar-refractivity contribution in [3.05, 3.63) is 11.6 Å². The molecule has 0 radical (unpaired) electrons. The minimum atomic E-state index is 0.361. The summed E-state index contributed by atoms with van der Waals surface area (Å²) in [6.45, 7) is 8.21. The van der Waals surface area contributed by atoms with Crippen LogP contribution < -0.4 is 0 Å². The largest absolute Gasteiger partial charge is 0.298 e. The van der Waals surface area contributed by atoms with Crippen molar-refractivity contribution >= 4 is 6.29 Å². The van der Waals surface area contributed by atoms with Crippen LogP contribution in [0, 0.1) is 11.8 Å². The van der Waals surface area contributed by atoms with Crippen LogP contribution in [0.3, 0.4) is 0 Å². The number of carbonyl (C=O) groups is 1. The van der Waals surface area contributed by atoms with Crippen molar-refractivity contribution in [2.24, 2.45) is 11.8 Å². The van der Waals surface area contributed by atoms with Crippen molar-refractivity contribution in [2.75, 3.05) is 0 Å². The Balaban J connectivity index is 4.18. The minimum Gasteiger partial charge on any atom is -0.298 e. The fourth-order valence-corrected chi connectivity index (χ4v) is 0.753. The predicted octanol–water partition coefficient (Wildman–Crippen LogP) is 2.42. The summed E-state index contributed by atoms with van der Waals surface area (Å²) in [7, 11) is 0. The maximum Gasteiger partial charge on any atom is 0.145 e. The normalized spacial score (nSPS) is 12.8. The molecule has 10 heavy (non-hydrogen) atoms. The van der Waals surface area contributed by atoms with E-state index in [4.69, 9.17) is 0 Å². The van der Waals surface area contributed by atoms with Crippen LogP contribution in [0.4, 0.5) is 0 Å². The lowest BCUT2D eigenvalue weighted by atomic mass is 10.0. The van der Waals surface area contributed by atoms with Crippen LogP contribution in [-0.4, -0.2) is 6.29 Å². The second-order valence-electron chi connectivity index (χ2n) is 3.18. The SMILES string of the molecule is CC(C)C=C(C=O)C(C)C. The molecule has 0 aliphatic rings. The standard InChI is InChI=1S/C9H16O/c1-7(2)5-9(6-10)8(3)4/h5-8H,1-4H3. The Morgan fingerprint density at radius 3 is 1.80 bits per heavy atom. The summed E-state index contributed by atoms with van der Waals surface area (Å²) in [6, 6.07) is 0. The molecule has 0 N–H and O–H groups in total. The Kier molecular flexibility index (Phi) is 4.01. The van der Waals surface area contributed by atoms with Crippen molar-refractivity contribution in [1.82, 2.24) is 0 Å². The topological polar surface area (TPSA) is 17.1 Å². The van der Waals surface area contributed by atoms with Gasteiger partial charge < -0.3 is 0 Å². The molecule has 1 heteroatoms. The molecular weight excluding hydrogens is 124 g/mol. The Morgan fingerprint density at radius 2 is 1.70 bits per heavy atom. The first kappa shape index (κ1) is 9.41. The number of hydrogen-bond acceptors (Lipinski definition) is 1. The van der Waals surface area contributed by atoms with E-state index in [2.05, 4.69) is 13.8 Å². The Morgan fingerprint density at radius 1 is 1.20 bits per heavy atom. The molecule has 0 atom stereocenters. The summed E-state index contributed by atoms with van der Waals surface area (Å²) < 4.78 is 0. The Hall–Kier alpha value is -0.590. The van der Waals surface area contributed by atoms with Crippen molar-refractivity contribution < 1.29 is 4.79 Å². The first-order valence-electron chi connectivity index (χ1n) is 3.74. The van der Waals surface area contributed by atoms with Crippen molar-refractivity contribution in [2.45, 2.75) is 27.7 Å². The van der Waals surface area contributed by atoms with Crippen molar-refractivity contribution in [1.29, 1.82) is 0 Å². The van der Waals surface area contributed by atoms with Gasteiger partial charge in [0, 0.05) is 0 Å². The molecule has 58 valence electrons. The molecule has 0 aliphatic carbocycles. The van der Waals surface area contributed by atoms with Gasteiger partial charge in [0.1, 0.15) is 6.29 Å². The molecule has 0 spiro atoms. The molecule has 0 heterocycles. The molecular formula is C9H16O. The first-order valence-corrected chi connectivity index (χ1v) is 3.74. The smallest absolute Gasteiger partial charge is 0.145 e. The van der Waals surface area contributed by atoms with E-state index in [0.29, 0.717) is 11.8 Å². The van der Waals surface area contributed by atoms with Gasteiger partial charge in [-0.1, -0.05) is 33.8 Å². The molecule has 0 aromatic rings. The highest BCUT2D eigenvalue weighted by Crippen LogP contribution is 2.09. The van der Waals surface area contributed by atoms with Gasteiger partial charge in [-0.25, -0.2) is 0 Å². The molecule has 0 aliphatic heterocycles. The van der Waals surface area contributed by atoms with E-state index in [1.807, 2.05) is 19.9 Å². The summed E-state index contributed by atoms with van der Waals surface area (Å²) in [6.07, 6.45) is 2.96. The van der Waals surface area contributed by atoms with E-state index >= 15 is 0 Å². The lowest BCUT2D eigenvalue weighted by Gasteiger charge is -2.04. The number of aldehydes is 1. The van der Waals surface area contributed by atoms with E-state index in [9.17, 15) is 4.79 Å².